The van der Waals surface area contributed by atoms with Crippen molar-refractivity contribution in [3.63, 3.8) is 0 Å². The quantitative estimate of drug-likeness (QED) is 0.744. The summed E-state index contributed by atoms with van der Waals surface area (Å²) in [4.78, 5) is 4.60. The SMILES string of the molecule is N#Cc1ccc(N(Cc2nccs2)CC(F)(F)F)cc1C(F)(F)F. The Balaban J connectivity index is 2.44. The van der Waals surface area contributed by atoms with Gasteiger partial charge in [0.2, 0.25) is 0 Å². The monoisotopic (exact) mass is 365 g/mol. The minimum absolute atomic E-state index is 0.283. The lowest BCUT2D eigenvalue weighted by Gasteiger charge is -2.26. The molecule has 0 atom stereocenters. The van der Waals surface area contributed by atoms with Crippen LogP contribution in [0.25, 0.3) is 0 Å². The van der Waals surface area contributed by atoms with E-state index in [1.165, 1.54) is 12.3 Å². The van der Waals surface area contributed by atoms with E-state index in [1.54, 1.807) is 5.38 Å². The first-order valence-electron chi connectivity index (χ1n) is 6.41. The molecule has 0 saturated carbocycles. The van der Waals surface area contributed by atoms with Crippen molar-refractivity contribution in [2.45, 2.75) is 18.9 Å². The average Bonchev–Trinajstić information content (AvgIpc) is 2.96. The van der Waals surface area contributed by atoms with Crippen LogP contribution in [0.4, 0.5) is 32.0 Å². The van der Waals surface area contributed by atoms with Crippen LogP contribution in [0.5, 0.6) is 0 Å². The van der Waals surface area contributed by atoms with Gasteiger partial charge in [-0.15, -0.1) is 11.3 Å². The van der Waals surface area contributed by atoms with Gasteiger partial charge < -0.3 is 4.90 Å². The molecule has 1 heterocycles. The van der Waals surface area contributed by atoms with Crippen LogP contribution in [0.2, 0.25) is 0 Å². The van der Waals surface area contributed by atoms with E-state index in [0.717, 1.165) is 28.4 Å². The van der Waals surface area contributed by atoms with Crippen molar-refractivity contribution in [3.05, 3.63) is 45.9 Å². The predicted octanol–water partition coefficient (Wildman–Crippen LogP) is 4.60. The normalized spacial score (nSPS) is 12.0. The van der Waals surface area contributed by atoms with E-state index in [0.29, 0.717) is 11.1 Å². The Morgan fingerprint density at radius 3 is 2.38 bits per heavy atom. The van der Waals surface area contributed by atoms with Crippen LogP contribution in [0.3, 0.4) is 0 Å². The second-order valence-electron chi connectivity index (χ2n) is 4.74. The summed E-state index contributed by atoms with van der Waals surface area (Å²) in [5, 5.41) is 10.6. The highest BCUT2D eigenvalue weighted by molar-refractivity contribution is 7.09. The molecule has 0 radical (unpaired) electrons. The lowest BCUT2D eigenvalue weighted by molar-refractivity contribution is -0.137. The van der Waals surface area contributed by atoms with Crippen molar-refractivity contribution in [3.8, 4) is 6.07 Å². The van der Waals surface area contributed by atoms with Crippen LogP contribution in [0.1, 0.15) is 16.1 Å². The molecule has 0 aliphatic rings. The van der Waals surface area contributed by atoms with E-state index in [-0.39, 0.29) is 12.2 Å². The molecule has 0 spiro atoms. The standard InChI is InChI=1S/C14H9F6N3S/c15-13(16,17)8-23(7-12-22-3-4-24-12)10-2-1-9(6-21)11(5-10)14(18,19)20/h1-5H,7-8H2. The zero-order valence-electron chi connectivity index (χ0n) is 11.8. The summed E-state index contributed by atoms with van der Waals surface area (Å²) >= 11 is 1.09. The number of hydrogen-bond donors (Lipinski definition) is 0. The lowest BCUT2D eigenvalue weighted by atomic mass is 10.1. The molecule has 0 aliphatic heterocycles. The first kappa shape index (κ1) is 18.1. The van der Waals surface area contributed by atoms with Crippen molar-refractivity contribution in [1.82, 2.24) is 4.98 Å². The number of thiazole rings is 1. The Labute approximate surface area is 136 Å². The molecule has 0 fully saturated rings. The van der Waals surface area contributed by atoms with Crippen LogP contribution in [0, 0.1) is 11.3 Å². The fraction of sp³-hybridized carbons (Fsp3) is 0.286. The minimum atomic E-state index is -4.84. The number of nitriles is 1. The lowest BCUT2D eigenvalue weighted by Crippen LogP contribution is -2.34. The Hall–Kier alpha value is -2.28. The third kappa shape index (κ3) is 4.61. The number of benzene rings is 1. The van der Waals surface area contributed by atoms with Gasteiger partial charge in [0.05, 0.1) is 23.7 Å². The number of alkyl halides is 6. The second kappa shape index (κ2) is 6.68. The largest absolute Gasteiger partial charge is 0.417 e. The van der Waals surface area contributed by atoms with Gasteiger partial charge in [0, 0.05) is 17.3 Å². The maximum absolute atomic E-state index is 13.0. The molecule has 1 aromatic carbocycles. The molecule has 0 aliphatic carbocycles. The van der Waals surface area contributed by atoms with Gasteiger partial charge in [-0.05, 0) is 18.2 Å². The van der Waals surface area contributed by atoms with Crippen LogP contribution >= 0.6 is 11.3 Å². The molecule has 0 bridgehead atoms. The van der Waals surface area contributed by atoms with E-state index in [9.17, 15) is 26.3 Å². The number of anilines is 1. The zero-order chi connectivity index (χ0) is 18.0. The highest BCUT2D eigenvalue weighted by Crippen LogP contribution is 2.35. The summed E-state index contributed by atoms with van der Waals surface area (Å²) in [7, 11) is 0. The number of nitrogens with zero attached hydrogens (tertiary/aromatic N) is 3. The van der Waals surface area contributed by atoms with Gasteiger partial charge in [-0.1, -0.05) is 0 Å². The van der Waals surface area contributed by atoms with Crippen molar-refractivity contribution < 1.29 is 26.3 Å². The fourth-order valence-corrected chi connectivity index (χ4v) is 2.64. The summed E-state index contributed by atoms with van der Waals surface area (Å²) in [6.07, 6.45) is -8.05. The molecule has 3 nitrogen and oxygen atoms in total. The summed E-state index contributed by atoms with van der Waals surface area (Å²) in [5.41, 5.74) is -2.20. The van der Waals surface area contributed by atoms with Crippen LogP contribution in [0.15, 0.2) is 29.8 Å². The maximum Gasteiger partial charge on any atom is 0.417 e. The summed E-state index contributed by atoms with van der Waals surface area (Å²) in [5.74, 6) is 0. The van der Waals surface area contributed by atoms with Crippen LogP contribution in [-0.4, -0.2) is 17.7 Å². The van der Waals surface area contributed by atoms with Crippen LogP contribution in [-0.2, 0) is 12.7 Å². The molecule has 0 N–H and O–H groups in total. The van der Waals surface area contributed by atoms with Gasteiger partial charge in [-0.2, -0.15) is 31.6 Å². The maximum atomic E-state index is 13.0. The molecule has 10 heteroatoms. The van der Waals surface area contributed by atoms with Gasteiger partial charge in [0.15, 0.2) is 0 Å². The van der Waals surface area contributed by atoms with E-state index in [2.05, 4.69) is 4.98 Å². The molecule has 2 rings (SSSR count). The van der Waals surface area contributed by atoms with E-state index < -0.39 is 30.0 Å². The molecular formula is C14H9F6N3S. The summed E-state index contributed by atoms with van der Waals surface area (Å²) in [6.45, 7) is -1.73. The molecular weight excluding hydrogens is 356 g/mol. The summed E-state index contributed by atoms with van der Waals surface area (Å²) < 4.78 is 77.3. The Bertz CT molecular complexity index is 730. The van der Waals surface area contributed by atoms with E-state index >= 15 is 0 Å². The van der Waals surface area contributed by atoms with Gasteiger partial charge >= 0.3 is 12.4 Å². The molecule has 2 aromatic rings. The Morgan fingerprint density at radius 2 is 1.88 bits per heavy atom. The first-order valence-corrected chi connectivity index (χ1v) is 7.29. The van der Waals surface area contributed by atoms with Gasteiger partial charge in [-0.25, -0.2) is 4.98 Å². The van der Waals surface area contributed by atoms with E-state index in [4.69, 9.17) is 5.26 Å². The smallest absolute Gasteiger partial charge is 0.356 e. The average molecular weight is 365 g/mol. The molecule has 24 heavy (non-hydrogen) atoms. The molecule has 0 amide bonds. The third-order valence-corrected chi connectivity index (χ3v) is 3.74. The van der Waals surface area contributed by atoms with Crippen LogP contribution < -0.4 is 4.90 Å². The van der Waals surface area contributed by atoms with Gasteiger partial charge in [0.25, 0.3) is 0 Å². The number of hydrogen-bond acceptors (Lipinski definition) is 4. The number of halogens is 6. The van der Waals surface area contributed by atoms with Crippen molar-refractivity contribution >= 4 is 17.0 Å². The predicted molar refractivity (Wildman–Crippen MR) is 75.4 cm³/mol. The van der Waals surface area contributed by atoms with Crippen molar-refractivity contribution in [2.24, 2.45) is 0 Å². The van der Waals surface area contributed by atoms with Crippen molar-refractivity contribution in [1.29, 1.82) is 5.26 Å². The topological polar surface area (TPSA) is 39.9 Å². The number of rotatable bonds is 4. The number of aromatic nitrogens is 1. The molecule has 0 unspecified atom stereocenters. The molecule has 128 valence electrons. The highest BCUT2D eigenvalue weighted by Gasteiger charge is 2.36. The van der Waals surface area contributed by atoms with E-state index in [1.807, 2.05) is 0 Å². The molecule has 0 saturated heterocycles. The zero-order valence-corrected chi connectivity index (χ0v) is 12.6. The Kier molecular flexibility index (Phi) is 5.03. The minimum Gasteiger partial charge on any atom is -0.356 e. The highest BCUT2D eigenvalue weighted by atomic mass is 32.1. The van der Waals surface area contributed by atoms with Gasteiger partial charge in [-0.3, -0.25) is 0 Å². The first-order chi connectivity index (χ1) is 11.1. The van der Waals surface area contributed by atoms with Gasteiger partial charge in [0.1, 0.15) is 11.6 Å². The van der Waals surface area contributed by atoms with Crippen molar-refractivity contribution in [2.75, 3.05) is 11.4 Å². The second-order valence-corrected chi connectivity index (χ2v) is 5.72. The summed E-state index contributed by atoms with van der Waals surface area (Å²) in [6, 6.07) is 3.87. The third-order valence-electron chi connectivity index (χ3n) is 2.97. The fourth-order valence-electron chi connectivity index (χ4n) is 2.01. The molecule has 1 aromatic heterocycles. The Morgan fingerprint density at radius 1 is 1.17 bits per heavy atom.